The molecule has 7 heteroatoms. The molecule has 3 heterocycles. The summed E-state index contributed by atoms with van der Waals surface area (Å²) in [6.07, 6.45) is 0.897. The second-order valence-electron chi connectivity index (χ2n) is 8.67. The van der Waals surface area contributed by atoms with E-state index >= 15 is 0 Å². The number of carbonyl (C=O) groups is 1. The van der Waals surface area contributed by atoms with E-state index < -0.39 is 0 Å². The molecule has 6 rings (SSSR count). The summed E-state index contributed by atoms with van der Waals surface area (Å²) in [6, 6.07) is 20.5. The number of amides is 1. The van der Waals surface area contributed by atoms with Crippen molar-refractivity contribution in [2.24, 2.45) is 0 Å². The molecule has 0 unspecified atom stereocenters. The molecule has 3 aromatic carbocycles. The lowest BCUT2D eigenvalue weighted by atomic mass is 10.1. The average Bonchev–Trinajstić information content (AvgIpc) is 3.50. The Morgan fingerprint density at radius 2 is 1.88 bits per heavy atom. The van der Waals surface area contributed by atoms with Crippen molar-refractivity contribution in [3.63, 3.8) is 0 Å². The Kier molecular flexibility index (Phi) is 4.33. The van der Waals surface area contributed by atoms with Crippen molar-refractivity contribution in [1.82, 2.24) is 14.0 Å². The van der Waals surface area contributed by atoms with Crippen LogP contribution in [0.4, 0.5) is 0 Å². The summed E-state index contributed by atoms with van der Waals surface area (Å²) in [5, 5.41) is 13.1. The molecular formula is C26H23N3O4. The second-order valence-corrected chi connectivity index (χ2v) is 8.67. The number of nitrogens with zero attached hydrogens (tertiary/aromatic N) is 3. The SMILES string of the molecule is COc1cccc(CC(=O)N2C[C@@H]3C[C@H]2c2c(O)n(-c4cccc5ccccc45)c(=O)n23)c1. The van der Waals surface area contributed by atoms with Gasteiger partial charge in [0.2, 0.25) is 11.8 Å². The molecule has 2 bridgehead atoms. The quantitative estimate of drug-likeness (QED) is 0.525. The maximum atomic E-state index is 13.4. The lowest BCUT2D eigenvalue weighted by Gasteiger charge is -2.27. The summed E-state index contributed by atoms with van der Waals surface area (Å²) in [5.74, 6) is 0.608. The van der Waals surface area contributed by atoms with E-state index in [-0.39, 0.29) is 36.0 Å². The number of ether oxygens (including phenoxy) is 1. The zero-order valence-electron chi connectivity index (χ0n) is 18.1. The summed E-state index contributed by atoms with van der Waals surface area (Å²) >= 11 is 0. The van der Waals surface area contributed by atoms with Crippen molar-refractivity contribution in [3.8, 4) is 17.3 Å². The zero-order chi connectivity index (χ0) is 22.7. The van der Waals surface area contributed by atoms with Gasteiger partial charge >= 0.3 is 5.69 Å². The predicted octanol–water partition coefficient (Wildman–Crippen LogP) is 3.58. The number of aromatic hydroxyl groups is 1. The van der Waals surface area contributed by atoms with E-state index in [0.29, 0.717) is 30.1 Å². The number of fused-ring (bicyclic) bond motifs is 6. The van der Waals surface area contributed by atoms with Crippen LogP contribution in [0.5, 0.6) is 11.6 Å². The number of rotatable bonds is 4. The number of hydrogen-bond donors (Lipinski definition) is 1. The maximum Gasteiger partial charge on any atom is 0.336 e. The van der Waals surface area contributed by atoms with Gasteiger partial charge in [-0.1, -0.05) is 48.5 Å². The highest BCUT2D eigenvalue weighted by Gasteiger charge is 2.49. The first kappa shape index (κ1) is 19.7. The minimum Gasteiger partial charge on any atom is -0.497 e. The van der Waals surface area contributed by atoms with E-state index in [0.717, 1.165) is 16.3 Å². The fourth-order valence-corrected chi connectivity index (χ4v) is 5.40. The van der Waals surface area contributed by atoms with E-state index in [1.165, 1.54) is 4.57 Å². The third-order valence-corrected chi connectivity index (χ3v) is 6.87. The highest BCUT2D eigenvalue weighted by Crippen LogP contribution is 2.49. The van der Waals surface area contributed by atoms with Gasteiger partial charge in [-0.05, 0) is 35.6 Å². The summed E-state index contributed by atoms with van der Waals surface area (Å²) < 4.78 is 8.32. The summed E-state index contributed by atoms with van der Waals surface area (Å²) in [5.41, 5.74) is 1.79. The van der Waals surface area contributed by atoms with Crippen LogP contribution < -0.4 is 10.4 Å². The van der Waals surface area contributed by atoms with Crippen molar-refractivity contribution in [1.29, 1.82) is 0 Å². The summed E-state index contributed by atoms with van der Waals surface area (Å²) in [4.78, 5) is 28.4. The molecule has 1 amide bonds. The van der Waals surface area contributed by atoms with Crippen LogP contribution in [0.25, 0.3) is 16.5 Å². The minimum absolute atomic E-state index is 0.0215. The molecule has 4 aromatic rings. The Hall–Kier alpha value is -4.00. The molecule has 2 aliphatic rings. The third-order valence-electron chi connectivity index (χ3n) is 6.87. The van der Waals surface area contributed by atoms with Crippen LogP contribution in [0, 0.1) is 0 Å². The molecule has 1 saturated heterocycles. The molecule has 0 spiro atoms. The molecule has 33 heavy (non-hydrogen) atoms. The monoisotopic (exact) mass is 441 g/mol. The van der Waals surface area contributed by atoms with Gasteiger partial charge in [0, 0.05) is 11.9 Å². The lowest BCUT2D eigenvalue weighted by molar-refractivity contribution is -0.132. The predicted molar refractivity (Wildman–Crippen MR) is 124 cm³/mol. The largest absolute Gasteiger partial charge is 0.497 e. The van der Waals surface area contributed by atoms with Crippen molar-refractivity contribution in [3.05, 3.63) is 88.5 Å². The van der Waals surface area contributed by atoms with E-state index in [1.54, 1.807) is 16.6 Å². The van der Waals surface area contributed by atoms with E-state index in [1.807, 2.05) is 66.7 Å². The topological polar surface area (TPSA) is 76.7 Å². The number of imidazole rings is 1. The molecule has 1 fully saturated rings. The van der Waals surface area contributed by atoms with Crippen molar-refractivity contribution >= 4 is 16.7 Å². The highest BCUT2D eigenvalue weighted by molar-refractivity contribution is 5.90. The Morgan fingerprint density at radius 1 is 1.09 bits per heavy atom. The molecule has 0 radical (unpaired) electrons. The van der Waals surface area contributed by atoms with Crippen LogP contribution in [0.15, 0.2) is 71.5 Å². The van der Waals surface area contributed by atoms with Crippen LogP contribution in [-0.4, -0.2) is 38.7 Å². The van der Waals surface area contributed by atoms with Crippen LogP contribution in [-0.2, 0) is 11.2 Å². The number of aromatic nitrogens is 2. The Labute approximate surface area is 190 Å². The van der Waals surface area contributed by atoms with Gasteiger partial charge in [0.25, 0.3) is 0 Å². The average molecular weight is 441 g/mol. The van der Waals surface area contributed by atoms with Gasteiger partial charge in [0.15, 0.2) is 0 Å². The molecule has 1 N–H and O–H groups in total. The molecule has 1 aromatic heterocycles. The van der Waals surface area contributed by atoms with E-state index in [4.69, 9.17) is 4.74 Å². The Bertz CT molecular complexity index is 1460. The molecule has 7 nitrogen and oxygen atoms in total. The Balaban J connectivity index is 1.37. The van der Waals surface area contributed by atoms with Gasteiger partial charge in [-0.15, -0.1) is 0 Å². The number of methoxy groups -OCH3 is 1. The summed E-state index contributed by atoms with van der Waals surface area (Å²) in [7, 11) is 1.60. The molecule has 2 atom stereocenters. The fraction of sp³-hybridized carbons (Fsp3) is 0.231. The number of hydrogen-bond acceptors (Lipinski definition) is 4. The Morgan fingerprint density at radius 3 is 2.73 bits per heavy atom. The van der Waals surface area contributed by atoms with Crippen LogP contribution in [0.3, 0.4) is 0 Å². The molecule has 0 aliphatic carbocycles. The summed E-state index contributed by atoms with van der Waals surface area (Å²) in [6.45, 7) is 0.472. The van der Waals surface area contributed by atoms with Crippen LogP contribution in [0.2, 0.25) is 0 Å². The normalized spacial score (nSPS) is 18.6. The van der Waals surface area contributed by atoms with Gasteiger partial charge in [-0.3, -0.25) is 9.36 Å². The lowest BCUT2D eigenvalue weighted by Crippen LogP contribution is -2.38. The highest BCUT2D eigenvalue weighted by atomic mass is 16.5. The van der Waals surface area contributed by atoms with E-state index in [2.05, 4.69) is 0 Å². The van der Waals surface area contributed by atoms with Gasteiger partial charge in [0.1, 0.15) is 11.4 Å². The van der Waals surface area contributed by atoms with E-state index in [9.17, 15) is 14.7 Å². The van der Waals surface area contributed by atoms with Gasteiger partial charge in [-0.2, -0.15) is 0 Å². The maximum absolute atomic E-state index is 13.4. The molecule has 2 aliphatic heterocycles. The first-order chi connectivity index (χ1) is 16.1. The smallest absolute Gasteiger partial charge is 0.336 e. The number of carbonyl (C=O) groups excluding carboxylic acids is 1. The standard InChI is InChI=1S/C26H23N3O4/c1-33-19-9-4-6-16(12-19)13-23(30)27-15-18-14-22(27)24-25(31)29(26(32)28(18)24)21-11-5-8-17-7-2-3-10-20(17)21/h2-12,18,22,31H,13-15H2,1H3/t18-,22-/m0/s1. The third kappa shape index (κ3) is 2.88. The van der Waals surface area contributed by atoms with Crippen LogP contribution in [0.1, 0.15) is 29.8 Å². The molecule has 0 saturated carbocycles. The van der Waals surface area contributed by atoms with Crippen molar-refractivity contribution in [2.45, 2.75) is 24.9 Å². The molecular weight excluding hydrogens is 418 g/mol. The number of benzene rings is 3. The zero-order valence-corrected chi connectivity index (χ0v) is 18.1. The second kappa shape index (κ2) is 7.27. The van der Waals surface area contributed by atoms with Gasteiger partial charge in [0.05, 0.1) is 31.3 Å². The van der Waals surface area contributed by atoms with Crippen molar-refractivity contribution in [2.75, 3.05) is 13.7 Å². The first-order valence-electron chi connectivity index (χ1n) is 11.0. The first-order valence-corrected chi connectivity index (χ1v) is 11.0. The molecule has 166 valence electrons. The van der Waals surface area contributed by atoms with Crippen molar-refractivity contribution < 1.29 is 14.6 Å². The number of likely N-dealkylation sites (tertiary alicyclic amines) is 1. The van der Waals surface area contributed by atoms with Gasteiger partial charge in [-0.25, -0.2) is 9.36 Å². The fourth-order valence-electron chi connectivity index (χ4n) is 5.40. The van der Waals surface area contributed by atoms with Gasteiger partial charge < -0.3 is 14.7 Å². The van der Waals surface area contributed by atoms with Crippen LogP contribution >= 0.6 is 0 Å². The minimum atomic E-state index is -0.308.